The molecule has 0 atom stereocenters. The molecule has 0 aliphatic rings. The molecular weight excluding hydrogens is 229 g/mol. The molecule has 0 radical (unpaired) electrons. The molecule has 0 unspecified atom stereocenters. The molecule has 1 aromatic carbocycles. The number of aryl methyl sites for hydroxylation is 1. The summed E-state index contributed by atoms with van der Waals surface area (Å²) < 4.78 is 15.2. The first-order valence-corrected chi connectivity index (χ1v) is 5.78. The summed E-state index contributed by atoms with van der Waals surface area (Å²) in [5, 5.41) is 4.33. The van der Waals surface area contributed by atoms with Crippen molar-refractivity contribution in [3.05, 3.63) is 65.4 Å². The Morgan fingerprint density at radius 3 is 2.89 bits per heavy atom. The molecule has 0 aliphatic heterocycles. The molecule has 0 saturated carbocycles. The van der Waals surface area contributed by atoms with Crippen molar-refractivity contribution in [3.63, 3.8) is 0 Å². The van der Waals surface area contributed by atoms with Gasteiger partial charge >= 0.3 is 0 Å². The predicted molar refractivity (Wildman–Crippen MR) is 66.9 cm³/mol. The molecule has 0 spiro atoms. The van der Waals surface area contributed by atoms with Crippen LogP contribution in [0.5, 0.6) is 0 Å². The quantitative estimate of drug-likeness (QED) is 0.690. The number of hydrogen-bond donors (Lipinski definition) is 0. The van der Waals surface area contributed by atoms with Crippen molar-refractivity contribution in [1.29, 1.82) is 0 Å². The minimum Gasteiger partial charge on any atom is -0.221 e. The second-order valence-corrected chi connectivity index (χ2v) is 4.30. The Morgan fingerprint density at radius 1 is 1.22 bits per heavy atom. The third kappa shape index (κ3) is 1.97. The minimum absolute atomic E-state index is 0.215. The SMILES string of the molecule is Cc1ccn2nc(Cc3ccccc3F)nc2c1. The van der Waals surface area contributed by atoms with Gasteiger partial charge in [-0.25, -0.2) is 13.9 Å². The third-order valence-electron chi connectivity index (χ3n) is 2.84. The van der Waals surface area contributed by atoms with Crippen molar-refractivity contribution >= 4 is 5.65 Å². The topological polar surface area (TPSA) is 30.2 Å². The summed E-state index contributed by atoms with van der Waals surface area (Å²) in [6.07, 6.45) is 2.27. The van der Waals surface area contributed by atoms with E-state index in [1.807, 2.05) is 31.3 Å². The molecule has 0 amide bonds. The Bertz CT molecular complexity index is 703. The standard InChI is InChI=1S/C14H12FN3/c1-10-6-7-18-14(8-10)16-13(17-18)9-11-4-2-3-5-12(11)15/h2-8H,9H2,1H3. The number of nitrogens with zero attached hydrogens (tertiary/aromatic N) is 3. The van der Waals surface area contributed by atoms with E-state index >= 15 is 0 Å². The van der Waals surface area contributed by atoms with Gasteiger partial charge in [0, 0.05) is 12.6 Å². The van der Waals surface area contributed by atoms with E-state index in [0.717, 1.165) is 11.2 Å². The van der Waals surface area contributed by atoms with E-state index in [9.17, 15) is 4.39 Å². The summed E-state index contributed by atoms with van der Waals surface area (Å²) in [5.41, 5.74) is 2.54. The van der Waals surface area contributed by atoms with Gasteiger partial charge in [0.2, 0.25) is 0 Å². The van der Waals surface area contributed by atoms with Gasteiger partial charge in [-0.05, 0) is 36.2 Å². The summed E-state index contributed by atoms with van der Waals surface area (Å²) in [4.78, 5) is 4.40. The van der Waals surface area contributed by atoms with Crippen LogP contribution in [-0.2, 0) is 6.42 Å². The zero-order valence-electron chi connectivity index (χ0n) is 9.97. The Labute approximate surface area is 104 Å². The first-order chi connectivity index (χ1) is 8.72. The lowest BCUT2D eigenvalue weighted by molar-refractivity contribution is 0.612. The Balaban J connectivity index is 1.98. The average molecular weight is 241 g/mol. The fourth-order valence-corrected chi connectivity index (χ4v) is 1.92. The van der Waals surface area contributed by atoms with E-state index in [-0.39, 0.29) is 5.82 Å². The third-order valence-corrected chi connectivity index (χ3v) is 2.84. The largest absolute Gasteiger partial charge is 0.221 e. The van der Waals surface area contributed by atoms with Crippen molar-refractivity contribution in [1.82, 2.24) is 14.6 Å². The van der Waals surface area contributed by atoms with Crippen LogP contribution in [-0.4, -0.2) is 14.6 Å². The fraction of sp³-hybridized carbons (Fsp3) is 0.143. The van der Waals surface area contributed by atoms with E-state index < -0.39 is 0 Å². The van der Waals surface area contributed by atoms with Crippen molar-refractivity contribution in [3.8, 4) is 0 Å². The van der Waals surface area contributed by atoms with Crippen LogP contribution in [0.3, 0.4) is 0 Å². The average Bonchev–Trinajstić information content (AvgIpc) is 2.73. The summed E-state index contributed by atoms with van der Waals surface area (Å²) in [5.74, 6) is 0.415. The maximum Gasteiger partial charge on any atom is 0.156 e. The summed E-state index contributed by atoms with van der Waals surface area (Å²) in [6, 6.07) is 10.6. The summed E-state index contributed by atoms with van der Waals surface area (Å²) >= 11 is 0. The molecule has 90 valence electrons. The molecular formula is C14H12FN3. The molecule has 0 bridgehead atoms. The van der Waals surface area contributed by atoms with Crippen molar-refractivity contribution in [2.45, 2.75) is 13.3 Å². The van der Waals surface area contributed by atoms with Crippen LogP contribution in [0.15, 0.2) is 42.6 Å². The Hall–Kier alpha value is -2.23. The van der Waals surface area contributed by atoms with Crippen LogP contribution < -0.4 is 0 Å². The monoisotopic (exact) mass is 241 g/mol. The van der Waals surface area contributed by atoms with Crippen molar-refractivity contribution in [2.24, 2.45) is 0 Å². The Morgan fingerprint density at radius 2 is 2.06 bits per heavy atom. The molecule has 4 heteroatoms. The maximum absolute atomic E-state index is 13.5. The summed E-state index contributed by atoms with van der Waals surface area (Å²) in [7, 11) is 0. The molecule has 0 N–H and O–H groups in total. The number of halogens is 1. The predicted octanol–water partition coefficient (Wildman–Crippen LogP) is 2.77. The van der Waals surface area contributed by atoms with E-state index in [2.05, 4.69) is 10.1 Å². The second kappa shape index (κ2) is 4.22. The molecule has 0 aliphatic carbocycles. The molecule has 0 fully saturated rings. The van der Waals surface area contributed by atoms with Gasteiger partial charge in [-0.2, -0.15) is 5.10 Å². The van der Waals surface area contributed by atoms with E-state index in [0.29, 0.717) is 17.8 Å². The lowest BCUT2D eigenvalue weighted by Gasteiger charge is -1.97. The van der Waals surface area contributed by atoms with E-state index in [1.54, 1.807) is 16.6 Å². The number of fused-ring (bicyclic) bond motifs is 1. The van der Waals surface area contributed by atoms with Gasteiger partial charge in [-0.1, -0.05) is 18.2 Å². The molecule has 3 rings (SSSR count). The van der Waals surface area contributed by atoms with Crippen LogP contribution in [0, 0.1) is 12.7 Å². The number of hydrogen-bond acceptors (Lipinski definition) is 2. The van der Waals surface area contributed by atoms with Crippen LogP contribution in [0.1, 0.15) is 17.0 Å². The highest BCUT2D eigenvalue weighted by atomic mass is 19.1. The molecule has 0 saturated heterocycles. The molecule has 18 heavy (non-hydrogen) atoms. The van der Waals surface area contributed by atoms with Crippen LogP contribution in [0.2, 0.25) is 0 Å². The number of pyridine rings is 1. The first kappa shape index (κ1) is 10.9. The summed E-state index contributed by atoms with van der Waals surface area (Å²) in [6.45, 7) is 2.01. The highest BCUT2D eigenvalue weighted by Crippen LogP contribution is 2.12. The second-order valence-electron chi connectivity index (χ2n) is 4.30. The lowest BCUT2D eigenvalue weighted by atomic mass is 10.1. The van der Waals surface area contributed by atoms with Crippen LogP contribution in [0.25, 0.3) is 5.65 Å². The maximum atomic E-state index is 13.5. The Kier molecular flexibility index (Phi) is 2.55. The van der Waals surface area contributed by atoms with E-state index in [1.165, 1.54) is 6.07 Å². The van der Waals surface area contributed by atoms with Gasteiger partial charge in [0.05, 0.1) is 0 Å². The number of aromatic nitrogens is 3. The highest BCUT2D eigenvalue weighted by molar-refractivity contribution is 5.40. The minimum atomic E-state index is -0.215. The highest BCUT2D eigenvalue weighted by Gasteiger charge is 2.07. The zero-order valence-corrected chi connectivity index (χ0v) is 9.97. The van der Waals surface area contributed by atoms with Crippen molar-refractivity contribution in [2.75, 3.05) is 0 Å². The molecule has 3 aromatic rings. The molecule has 2 heterocycles. The zero-order chi connectivity index (χ0) is 12.5. The van der Waals surface area contributed by atoms with E-state index in [4.69, 9.17) is 0 Å². The smallest absolute Gasteiger partial charge is 0.156 e. The number of benzene rings is 1. The number of rotatable bonds is 2. The molecule has 3 nitrogen and oxygen atoms in total. The van der Waals surface area contributed by atoms with Crippen LogP contribution in [0.4, 0.5) is 4.39 Å². The van der Waals surface area contributed by atoms with Gasteiger partial charge < -0.3 is 0 Å². The fourth-order valence-electron chi connectivity index (χ4n) is 1.92. The van der Waals surface area contributed by atoms with Gasteiger partial charge in [0.1, 0.15) is 5.82 Å². The van der Waals surface area contributed by atoms with Gasteiger partial charge in [0.15, 0.2) is 11.5 Å². The lowest BCUT2D eigenvalue weighted by Crippen LogP contribution is -1.94. The van der Waals surface area contributed by atoms with Gasteiger partial charge in [-0.15, -0.1) is 0 Å². The van der Waals surface area contributed by atoms with Crippen molar-refractivity contribution < 1.29 is 4.39 Å². The van der Waals surface area contributed by atoms with Gasteiger partial charge in [0.25, 0.3) is 0 Å². The first-order valence-electron chi connectivity index (χ1n) is 5.78. The van der Waals surface area contributed by atoms with Crippen LogP contribution >= 0.6 is 0 Å². The van der Waals surface area contributed by atoms with Gasteiger partial charge in [-0.3, -0.25) is 0 Å². The molecule has 2 aromatic heterocycles. The normalized spacial score (nSPS) is 11.0.